The van der Waals surface area contributed by atoms with Crippen molar-refractivity contribution in [3.8, 4) is 16.5 Å². The first-order valence-corrected chi connectivity index (χ1v) is 13.6. The molecule has 2 aliphatic carbocycles. The van der Waals surface area contributed by atoms with Crippen molar-refractivity contribution in [3.63, 3.8) is 0 Å². The van der Waals surface area contributed by atoms with Gasteiger partial charge < -0.3 is 19.4 Å². The summed E-state index contributed by atoms with van der Waals surface area (Å²) in [6, 6.07) is 2.22. The smallest absolute Gasteiger partial charge is 0.275 e. The van der Waals surface area contributed by atoms with Gasteiger partial charge in [0.05, 0.1) is 29.6 Å². The average molecular weight is 520 g/mol. The average Bonchev–Trinajstić information content (AvgIpc) is 3.79. The fraction of sp³-hybridized carbons (Fsp3) is 0.440. The third-order valence-electron chi connectivity index (χ3n) is 7.19. The number of imidazole rings is 1. The van der Waals surface area contributed by atoms with E-state index in [4.69, 9.17) is 0 Å². The molecule has 1 amide bonds. The lowest BCUT2D eigenvalue weighted by Crippen LogP contribution is -2.35. The molecule has 0 bridgehead atoms. The molecule has 12 heteroatoms. The highest BCUT2D eigenvalue weighted by Crippen LogP contribution is 2.40. The molecule has 5 heterocycles. The Morgan fingerprint density at radius 2 is 1.89 bits per heavy atom. The number of nitrogens with zero attached hydrogens (tertiary/aromatic N) is 8. The van der Waals surface area contributed by atoms with Gasteiger partial charge in [-0.15, -0.1) is 21.5 Å². The molecule has 3 fully saturated rings. The molecule has 4 aromatic heterocycles. The molecule has 3 aliphatic rings. The molecule has 1 N–H and O–H groups in total. The fourth-order valence-electron chi connectivity index (χ4n) is 4.79. The van der Waals surface area contributed by atoms with E-state index in [2.05, 4.69) is 35.4 Å². The maximum absolute atomic E-state index is 13.8. The summed E-state index contributed by atoms with van der Waals surface area (Å²) in [5.41, 5.74) is 3.02. The van der Waals surface area contributed by atoms with E-state index < -0.39 is 6.17 Å². The van der Waals surface area contributed by atoms with Crippen molar-refractivity contribution in [2.75, 3.05) is 23.3 Å². The number of thiazole rings is 1. The van der Waals surface area contributed by atoms with Crippen LogP contribution in [-0.2, 0) is 0 Å². The number of halogens is 1. The normalized spacial score (nSPS) is 18.4. The number of piperidine rings is 1. The van der Waals surface area contributed by atoms with Crippen molar-refractivity contribution in [2.24, 2.45) is 0 Å². The van der Waals surface area contributed by atoms with Gasteiger partial charge in [0.25, 0.3) is 5.91 Å². The topological polar surface area (TPSA) is 107 Å². The molecule has 2 saturated carbocycles. The van der Waals surface area contributed by atoms with Crippen LogP contribution in [0, 0.1) is 0 Å². The van der Waals surface area contributed by atoms with Gasteiger partial charge in [-0.3, -0.25) is 4.79 Å². The third kappa shape index (κ3) is 4.50. The lowest BCUT2D eigenvalue weighted by atomic mass is 10.1. The summed E-state index contributed by atoms with van der Waals surface area (Å²) in [6.07, 6.45) is 12.0. The Kier molecular flexibility index (Phi) is 5.49. The van der Waals surface area contributed by atoms with E-state index in [-0.39, 0.29) is 11.6 Å². The molecule has 0 spiro atoms. The number of hydrogen-bond donors (Lipinski definition) is 1. The molecule has 0 radical (unpaired) electrons. The minimum atomic E-state index is -0.770. The molecule has 37 heavy (non-hydrogen) atoms. The van der Waals surface area contributed by atoms with Crippen LogP contribution in [-0.4, -0.2) is 59.5 Å². The zero-order valence-corrected chi connectivity index (χ0v) is 20.9. The number of alkyl halides is 1. The Balaban J connectivity index is 1.15. The molecule has 190 valence electrons. The third-order valence-corrected chi connectivity index (χ3v) is 8.02. The number of amides is 1. The number of aromatic nitrogens is 7. The first kappa shape index (κ1) is 22.5. The van der Waals surface area contributed by atoms with E-state index in [0.717, 1.165) is 48.6 Å². The molecule has 0 unspecified atom stereocenters. The second kappa shape index (κ2) is 9.02. The van der Waals surface area contributed by atoms with Gasteiger partial charge in [-0.25, -0.2) is 19.3 Å². The number of rotatable bonds is 7. The summed E-state index contributed by atoms with van der Waals surface area (Å²) in [7, 11) is 0. The van der Waals surface area contributed by atoms with Gasteiger partial charge in [0.15, 0.2) is 10.8 Å². The number of hydrogen-bond acceptors (Lipinski definition) is 8. The Morgan fingerprint density at radius 3 is 2.68 bits per heavy atom. The van der Waals surface area contributed by atoms with Crippen LogP contribution in [0.1, 0.15) is 66.7 Å². The number of carbonyl (C=O) groups is 1. The zero-order valence-electron chi connectivity index (χ0n) is 20.1. The van der Waals surface area contributed by atoms with Gasteiger partial charge >= 0.3 is 0 Å². The molecule has 0 aromatic carbocycles. The molecular formula is C25H26FN9OS. The lowest BCUT2D eigenvalue weighted by molar-refractivity contribution is 0.102. The Morgan fingerprint density at radius 1 is 1.05 bits per heavy atom. The van der Waals surface area contributed by atoms with Crippen LogP contribution >= 0.6 is 11.3 Å². The molecule has 1 saturated heterocycles. The number of carbonyl (C=O) groups excluding carboxylic acids is 1. The highest BCUT2D eigenvalue weighted by molar-refractivity contribution is 7.13. The summed E-state index contributed by atoms with van der Waals surface area (Å²) in [5.74, 6) is 1.34. The molecule has 0 atom stereocenters. The number of pyridine rings is 1. The van der Waals surface area contributed by atoms with Crippen LogP contribution in [0.25, 0.3) is 16.5 Å². The molecule has 1 aliphatic heterocycles. The van der Waals surface area contributed by atoms with Gasteiger partial charge in [-0.2, -0.15) is 0 Å². The van der Waals surface area contributed by atoms with Gasteiger partial charge in [0.1, 0.15) is 24.0 Å². The molecule has 10 nitrogen and oxygen atoms in total. The van der Waals surface area contributed by atoms with E-state index in [9.17, 15) is 9.18 Å². The van der Waals surface area contributed by atoms with Gasteiger partial charge in [-0.1, -0.05) is 0 Å². The van der Waals surface area contributed by atoms with Crippen molar-refractivity contribution >= 4 is 28.7 Å². The van der Waals surface area contributed by atoms with Crippen molar-refractivity contribution in [1.82, 2.24) is 34.3 Å². The first-order valence-electron chi connectivity index (χ1n) is 12.7. The predicted octanol–water partition coefficient (Wildman–Crippen LogP) is 4.39. The van der Waals surface area contributed by atoms with E-state index in [0.29, 0.717) is 48.7 Å². The van der Waals surface area contributed by atoms with Crippen LogP contribution in [0.2, 0.25) is 0 Å². The van der Waals surface area contributed by atoms with Gasteiger partial charge in [-0.05, 0) is 44.6 Å². The summed E-state index contributed by atoms with van der Waals surface area (Å²) < 4.78 is 17.8. The minimum Gasteiger partial charge on any atom is -0.368 e. The largest absolute Gasteiger partial charge is 0.368 e. The minimum absolute atomic E-state index is 0.275. The van der Waals surface area contributed by atoms with Crippen molar-refractivity contribution in [1.29, 1.82) is 0 Å². The standard InChI is InChI=1S/C25H26FN9OS/c26-16-5-7-33(8-6-16)21-10-27-18(9-20(21)34-11-19(28-13-34)15-1-2-15)24(36)30-22-12-37-25(31-22)23-32-29-14-35(23)17-3-4-17/h9-17H,1-8H2,(H,30,36). The van der Waals surface area contributed by atoms with Crippen molar-refractivity contribution in [3.05, 3.63) is 47.9 Å². The Hall–Kier alpha value is -3.67. The van der Waals surface area contributed by atoms with Crippen LogP contribution < -0.4 is 10.2 Å². The Bertz CT molecular complexity index is 1450. The van der Waals surface area contributed by atoms with Gasteiger partial charge in [0, 0.05) is 36.6 Å². The molecule has 4 aromatic rings. The second-order valence-electron chi connectivity index (χ2n) is 9.99. The summed E-state index contributed by atoms with van der Waals surface area (Å²) in [6.45, 7) is 1.22. The monoisotopic (exact) mass is 519 g/mol. The van der Waals surface area contributed by atoms with Gasteiger partial charge in [0.2, 0.25) is 0 Å². The van der Waals surface area contributed by atoms with E-state index in [1.54, 1.807) is 30.3 Å². The van der Waals surface area contributed by atoms with Crippen molar-refractivity contribution < 1.29 is 9.18 Å². The number of anilines is 2. The highest BCUT2D eigenvalue weighted by Gasteiger charge is 2.29. The van der Waals surface area contributed by atoms with E-state index in [1.165, 1.54) is 11.3 Å². The fourth-order valence-corrected chi connectivity index (χ4v) is 5.53. The van der Waals surface area contributed by atoms with Crippen LogP contribution in [0.3, 0.4) is 0 Å². The first-order chi connectivity index (χ1) is 18.1. The molecular weight excluding hydrogens is 493 g/mol. The summed E-state index contributed by atoms with van der Waals surface area (Å²) in [5, 5.41) is 13.6. The Labute approximate surface area is 216 Å². The number of nitrogens with one attached hydrogen (secondary N) is 1. The van der Waals surface area contributed by atoms with Crippen LogP contribution in [0.15, 0.2) is 36.5 Å². The van der Waals surface area contributed by atoms with Crippen LogP contribution in [0.5, 0.6) is 0 Å². The lowest BCUT2D eigenvalue weighted by Gasteiger charge is -2.32. The highest BCUT2D eigenvalue weighted by atomic mass is 32.1. The van der Waals surface area contributed by atoms with Crippen LogP contribution in [0.4, 0.5) is 15.9 Å². The zero-order chi connectivity index (χ0) is 24.9. The summed E-state index contributed by atoms with van der Waals surface area (Å²) >= 11 is 1.42. The van der Waals surface area contributed by atoms with E-state index >= 15 is 0 Å². The predicted molar refractivity (Wildman–Crippen MR) is 137 cm³/mol. The van der Waals surface area contributed by atoms with E-state index in [1.807, 2.05) is 15.3 Å². The quantitative estimate of drug-likeness (QED) is 0.386. The summed E-state index contributed by atoms with van der Waals surface area (Å²) in [4.78, 5) is 29.0. The molecule has 7 rings (SSSR count). The second-order valence-corrected chi connectivity index (χ2v) is 10.8. The SMILES string of the molecule is O=C(Nc1csc(-c2nncn2C2CC2)n1)c1cc(-n2cnc(C3CC3)c2)c(N2CCC(F)CC2)cn1. The van der Waals surface area contributed by atoms with Crippen molar-refractivity contribution in [2.45, 2.75) is 56.7 Å². The maximum Gasteiger partial charge on any atom is 0.275 e. The maximum atomic E-state index is 13.8.